The van der Waals surface area contributed by atoms with Gasteiger partial charge in [0.15, 0.2) is 0 Å². The van der Waals surface area contributed by atoms with Crippen LogP contribution in [0.5, 0.6) is 0 Å². The lowest BCUT2D eigenvalue weighted by molar-refractivity contribution is 0.0924. The molecule has 21 heavy (non-hydrogen) atoms. The summed E-state index contributed by atoms with van der Waals surface area (Å²) in [5, 5.41) is 15.4. The van der Waals surface area contributed by atoms with Crippen molar-refractivity contribution in [3.63, 3.8) is 0 Å². The molecule has 0 aromatic carbocycles. The third kappa shape index (κ3) is 5.69. The van der Waals surface area contributed by atoms with Crippen LogP contribution in [0.1, 0.15) is 19.8 Å². The van der Waals surface area contributed by atoms with E-state index in [1.807, 2.05) is 0 Å². The van der Waals surface area contributed by atoms with Crippen LogP contribution in [-0.2, 0) is 0 Å². The Labute approximate surface area is 125 Å². The number of nitrogens with one attached hydrogen (secondary N) is 2. The maximum Gasteiger partial charge on any atom is 0.319 e. The normalized spacial score (nSPS) is 18.2. The number of anilines is 1. The van der Waals surface area contributed by atoms with Crippen molar-refractivity contribution in [2.24, 2.45) is 5.92 Å². The van der Waals surface area contributed by atoms with Gasteiger partial charge in [-0.1, -0.05) is 6.92 Å². The molecule has 6 heteroatoms. The molecular formula is C15H24N4O2. The first-order valence-electron chi connectivity index (χ1n) is 7.49. The van der Waals surface area contributed by atoms with Crippen LogP contribution in [-0.4, -0.2) is 53.3 Å². The Morgan fingerprint density at radius 2 is 2.10 bits per heavy atom. The first kappa shape index (κ1) is 15.7. The number of likely N-dealkylation sites (tertiary alicyclic amines) is 1. The van der Waals surface area contributed by atoms with Crippen molar-refractivity contribution in [1.82, 2.24) is 15.2 Å². The molecule has 116 valence electrons. The second-order valence-electron chi connectivity index (χ2n) is 5.71. The number of nitrogens with zero attached hydrogens (tertiary/aromatic N) is 2. The van der Waals surface area contributed by atoms with Gasteiger partial charge in [-0.2, -0.15) is 0 Å². The van der Waals surface area contributed by atoms with Crippen molar-refractivity contribution in [2.75, 3.05) is 31.5 Å². The van der Waals surface area contributed by atoms with E-state index in [9.17, 15) is 9.90 Å². The number of amides is 2. The molecule has 1 unspecified atom stereocenters. The quantitative estimate of drug-likeness (QED) is 0.764. The van der Waals surface area contributed by atoms with E-state index >= 15 is 0 Å². The van der Waals surface area contributed by atoms with E-state index in [4.69, 9.17) is 0 Å². The van der Waals surface area contributed by atoms with E-state index in [-0.39, 0.29) is 12.6 Å². The van der Waals surface area contributed by atoms with Gasteiger partial charge in [-0.3, -0.25) is 4.98 Å². The van der Waals surface area contributed by atoms with Crippen molar-refractivity contribution in [1.29, 1.82) is 0 Å². The maximum atomic E-state index is 11.7. The fourth-order valence-electron chi connectivity index (χ4n) is 2.43. The minimum Gasteiger partial charge on any atom is -0.390 e. The monoisotopic (exact) mass is 292 g/mol. The fraction of sp³-hybridized carbons (Fsp3) is 0.600. The molecule has 1 fully saturated rings. The van der Waals surface area contributed by atoms with E-state index in [1.54, 1.807) is 24.5 Å². The second kappa shape index (κ2) is 7.95. The summed E-state index contributed by atoms with van der Waals surface area (Å²) in [6.07, 6.45) is 5.05. The van der Waals surface area contributed by atoms with Crippen LogP contribution in [0, 0.1) is 5.92 Å². The van der Waals surface area contributed by atoms with Gasteiger partial charge in [0.2, 0.25) is 0 Å². The lowest BCUT2D eigenvalue weighted by atomic mass is 9.99. The molecule has 6 nitrogen and oxygen atoms in total. The molecule has 2 amide bonds. The largest absolute Gasteiger partial charge is 0.390 e. The number of aromatic nitrogens is 1. The van der Waals surface area contributed by atoms with Gasteiger partial charge in [-0.25, -0.2) is 4.79 Å². The van der Waals surface area contributed by atoms with Gasteiger partial charge >= 0.3 is 6.03 Å². The maximum absolute atomic E-state index is 11.7. The number of urea groups is 1. The van der Waals surface area contributed by atoms with Crippen LogP contribution in [0.4, 0.5) is 10.5 Å². The summed E-state index contributed by atoms with van der Waals surface area (Å²) >= 11 is 0. The Kier molecular flexibility index (Phi) is 5.95. The van der Waals surface area contributed by atoms with E-state index in [1.165, 1.54) is 12.8 Å². The Bertz CT molecular complexity index is 433. The van der Waals surface area contributed by atoms with Gasteiger partial charge in [0, 0.05) is 31.2 Å². The zero-order valence-corrected chi connectivity index (χ0v) is 12.5. The molecule has 0 radical (unpaired) electrons. The highest BCUT2D eigenvalue weighted by Crippen LogP contribution is 2.15. The summed E-state index contributed by atoms with van der Waals surface area (Å²) in [7, 11) is 0. The van der Waals surface area contributed by atoms with Crippen LogP contribution in [0.15, 0.2) is 24.5 Å². The number of piperidine rings is 1. The highest BCUT2D eigenvalue weighted by Gasteiger charge is 2.18. The van der Waals surface area contributed by atoms with E-state index in [2.05, 4.69) is 27.4 Å². The van der Waals surface area contributed by atoms with Crippen molar-refractivity contribution in [2.45, 2.75) is 25.9 Å². The number of carbonyl (C=O) groups is 1. The van der Waals surface area contributed by atoms with Crippen LogP contribution in [0.3, 0.4) is 0 Å². The predicted molar refractivity (Wildman–Crippen MR) is 82.1 cm³/mol. The average molecular weight is 292 g/mol. The summed E-state index contributed by atoms with van der Waals surface area (Å²) < 4.78 is 0. The molecule has 2 heterocycles. The van der Waals surface area contributed by atoms with Crippen molar-refractivity contribution in [3.05, 3.63) is 24.5 Å². The molecule has 0 aliphatic carbocycles. The molecule has 0 spiro atoms. The summed E-state index contributed by atoms with van der Waals surface area (Å²) in [6.45, 7) is 5.19. The molecular weight excluding hydrogens is 268 g/mol. The molecule has 1 aromatic heterocycles. The Balaban J connectivity index is 1.64. The standard InChI is InChI=1S/C15H24N4O2/c1-12-4-8-19(9-5-12)11-14(20)10-17-15(21)18-13-2-6-16-7-3-13/h2-3,6-7,12,14,20H,4-5,8-11H2,1H3,(H2,16,17,18,21). The molecule has 3 N–H and O–H groups in total. The first-order valence-corrected chi connectivity index (χ1v) is 7.49. The molecule has 1 atom stereocenters. The number of aliphatic hydroxyl groups is 1. The predicted octanol–water partition coefficient (Wildman–Crippen LogP) is 1.30. The second-order valence-corrected chi connectivity index (χ2v) is 5.71. The third-order valence-corrected chi connectivity index (χ3v) is 3.78. The topological polar surface area (TPSA) is 77.5 Å². The summed E-state index contributed by atoms with van der Waals surface area (Å²) in [4.78, 5) is 17.8. The highest BCUT2D eigenvalue weighted by atomic mass is 16.3. The van der Waals surface area contributed by atoms with Gasteiger partial charge in [0.1, 0.15) is 0 Å². The summed E-state index contributed by atoms with van der Waals surface area (Å²) in [5.74, 6) is 0.780. The van der Waals surface area contributed by atoms with Crippen LogP contribution >= 0.6 is 0 Å². The molecule has 2 rings (SSSR count). The zero-order valence-electron chi connectivity index (χ0n) is 12.5. The van der Waals surface area contributed by atoms with E-state index in [0.717, 1.165) is 19.0 Å². The number of carbonyl (C=O) groups excluding carboxylic acids is 1. The van der Waals surface area contributed by atoms with Crippen molar-refractivity contribution in [3.8, 4) is 0 Å². The molecule has 1 aliphatic heterocycles. The molecule has 0 saturated carbocycles. The van der Waals surface area contributed by atoms with Gasteiger partial charge in [0.25, 0.3) is 0 Å². The smallest absolute Gasteiger partial charge is 0.319 e. The SMILES string of the molecule is CC1CCN(CC(O)CNC(=O)Nc2ccncc2)CC1. The van der Waals surface area contributed by atoms with Gasteiger partial charge < -0.3 is 20.6 Å². The van der Waals surface area contributed by atoms with Gasteiger partial charge in [-0.15, -0.1) is 0 Å². The van der Waals surface area contributed by atoms with Crippen LogP contribution < -0.4 is 10.6 Å². The van der Waals surface area contributed by atoms with Crippen molar-refractivity contribution < 1.29 is 9.90 Å². The summed E-state index contributed by atoms with van der Waals surface area (Å²) in [6, 6.07) is 3.11. The van der Waals surface area contributed by atoms with Crippen LogP contribution in [0.2, 0.25) is 0 Å². The lowest BCUT2D eigenvalue weighted by Gasteiger charge is -2.31. The fourth-order valence-corrected chi connectivity index (χ4v) is 2.43. The van der Waals surface area contributed by atoms with Gasteiger partial charge in [-0.05, 0) is 44.0 Å². The minimum absolute atomic E-state index is 0.253. The minimum atomic E-state index is -0.540. The Morgan fingerprint density at radius 1 is 1.43 bits per heavy atom. The number of pyridine rings is 1. The molecule has 0 bridgehead atoms. The molecule has 1 saturated heterocycles. The summed E-state index contributed by atoms with van der Waals surface area (Å²) in [5.41, 5.74) is 0.682. The zero-order chi connectivity index (χ0) is 15.1. The number of aliphatic hydroxyl groups excluding tert-OH is 1. The Hall–Kier alpha value is -1.66. The van der Waals surface area contributed by atoms with Gasteiger partial charge in [0.05, 0.1) is 6.10 Å². The van der Waals surface area contributed by atoms with Crippen molar-refractivity contribution >= 4 is 11.7 Å². The van der Waals surface area contributed by atoms with Crippen LogP contribution in [0.25, 0.3) is 0 Å². The van der Waals surface area contributed by atoms with E-state index in [0.29, 0.717) is 12.2 Å². The third-order valence-electron chi connectivity index (χ3n) is 3.78. The number of hydrogen-bond donors (Lipinski definition) is 3. The number of hydrogen-bond acceptors (Lipinski definition) is 4. The highest BCUT2D eigenvalue weighted by molar-refractivity contribution is 5.89. The molecule has 1 aromatic rings. The van der Waals surface area contributed by atoms with E-state index < -0.39 is 6.10 Å². The Morgan fingerprint density at radius 3 is 2.76 bits per heavy atom. The molecule has 1 aliphatic rings. The number of rotatable bonds is 5. The number of β-amino-alcohol motifs (C(OH)–C–C–N with tert-alkyl or cyclic N) is 1. The first-order chi connectivity index (χ1) is 10.1. The lowest BCUT2D eigenvalue weighted by Crippen LogP contribution is -2.43. The average Bonchev–Trinajstić information content (AvgIpc) is 2.49.